The normalized spacial score (nSPS) is 21.6. The molecule has 0 radical (unpaired) electrons. The van der Waals surface area contributed by atoms with Crippen molar-refractivity contribution >= 4 is 17.4 Å². The lowest BCUT2D eigenvalue weighted by molar-refractivity contribution is -0.121. The molecule has 1 rings (SSSR count). The number of halogens is 1. The summed E-state index contributed by atoms with van der Waals surface area (Å²) in [5, 5.41) is 0. The van der Waals surface area contributed by atoms with Gasteiger partial charge in [0.15, 0.2) is 5.78 Å². The molecule has 0 aromatic heterocycles. The van der Waals surface area contributed by atoms with Gasteiger partial charge in [-0.2, -0.15) is 0 Å². The summed E-state index contributed by atoms with van der Waals surface area (Å²) in [6.45, 7) is 2.05. The molecule has 52 valence electrons. The van der Waals surface area contributed by atoms with Crippen LogP contribution in [0.2, 0.25) is 0 Å². The zero-order chi connectivity index (χ0) is 6.91. The van der Waals surface area contributed by atoms with Crippen molar-refractivity contribution < 1.29 is 4.79 Å². The standard InChI is InChI=1S/C7H11ClO/c1-2-7(3-4-7)6(9)5-8/h2-5H2,1H3. The smallest absolute Gasteiger partial charge is 0.153 e. The molecule has 0 amide bonds. The van der Waals surface area contributed by atoms with Crippen molar-refractivity contribution in [3.8, 4) is 0 Å². The summed E-state index contributed by atoms with van der Waals surface area (Å²) < 4.78 is 0. The van der Waals surface area contributed by atoms with Crippen LogP contribution in [0.1, 0.15) is 26.2 Å². The maximum absolute atomic E-state index is 11.0. The molecule has 0 N–H and O–H groups in total. The third-order valence-electron chi connectivity index (χ3n) is 2.24. The molecule has 0 saturated heterocycles. The molecule has 0 unspecified atom stereocenters. The number of carbonyl (C=O) groups excluding carboxylic acids is 1. The first-order valence-corrected chi connectivity index (χ1v) is 3.88. The highest BCUT2D eigenvalue weighted by atomic mass is 35.5. The molecule has 2 heteroatoms. The van der Waals surface area contributed by atoms with Crippen LogP contribution in [-0.4, -0.2) is 11.7 Å². The van der Waals surface area contributed by atoms with Gasteiger partial charge >= 0.3 is 0 Å². The summed E-state index contributed by atoms with van der Waals surface area (Å²) in [5.74, 6) is 0.445. The summed E-state index contributed by atoms with van der Waals surface area (Å²) in [6.07, 6.45) is 3.10. The van der Waals surface area contributed by atoms with Crippen molar-refractivity contribution in [1.82, 2.24) is 0 Å². The van der Waals surface area contributed by atoms with E-state index in [1.807, 2.05) is 0 Å². The molecule has 1 aliphatic rings. The van der Waals surface area contributed by atoms with E-state index in [-0.39, 0.29) is 17.1 Å². The van der Waals surface area contributed by atoms with Crippen molar-refractivity contribution in [2.75, 3.05) is 5.88 Å². The Balaban J connectivity index is 2.49. The average molecular weight is 147 g/mol. The van der Waals surface area contributed by atoms with E-state index in [0.717, 1.165) is 19.3 Å². The second-order valence-electron chi connectivity index (χ2n) is 2.69. The van der Waals surface area contributed by atoms with Crippen molar-refractivity contribution in [3.05, 3.63) is 0 Å². The molecule has 9 heavy (non-hydrogen) atoms. The van der Waals surface area contributed by atoms with Gasteiger partial charge in [0, 0.05) is 5.41 Å². The fourth-order valence-electron chi connectivity index (χ4n) is 1.12. The molecule has 0 aromatic rings. The van der Waals surface area contributed by atoms with Gasteiger partial charge in [0.05, 0.1) is 5.88 Å². The van der Waals surface area contributed by atoms with Crippen LogP contribution in [0.25, 0.3) is 0 Å². The first-order valence-electron chi connectivity index (χ1n) is 3.34. The Labute approximate surface area is 60.4 Å². The number of hydrogen-bond acceptors (Lipinski definition) is 1. The number of ketones is 1. The fraction of sp³-hybridized carbons (Fsp3) is 0.857. The summed E-state index contributed by atoms with van der Waals surface area (Å²) in [5.41, 5.74) is 0.0295. The topological polar surface area (TPSA) is 17.1 Å². The lowest BCUT2D eigenvalue weighted by Gasteiger charge is -2.06. The molecule has 1 fully saturated rings. The Bertz CT molecular complexity index is 127. The van der Waals surface area contributed by atoms with E-state index < -0.39 is 0 Å². The molecule has 0 spiro atoms. The Morgan fingerprint density at radius 2 is 2.22 bits per heavy atom. The van der Waals surface area contributed by atoms with Gasteiger partial charge in [0.1, 0.15) is 0 Å². The van der Waals surface area contributed by atoms with Crippen LogP contribution in [0, 0.1) is 5.41 Å². The van der Waals surface area contributed by atoms with Crippen LogP contribution in [0.3, 0.4) is 0 Å². The number of Topliss-reactive ketones (excluding diaryl/α,β-unsaturated/α-hetero) is 1. The molecule has 0 aliphatic heterocycles. The zero-order valence-electron chi connectivity index (χ0n) is 5.61. The monoisotopic (exact) mass is 146 g/mol. The Hall–Kier alpha value is -0.0400. The van der Waals surface area contributed by atoms with Gasteiger partial charge in [-0.25, -0.2) is 0 Å². The van der Waals surface area contributed by atoms with Gasteiger partial charge in [0.25, 0.3) is 0 Å². The van der Waals surface area contributed by atoms with E-state index in [1.165, 1.54) is 0 Å². The highest BCUT2D eigenvalue weighted by Gasteiger charge is 2.46. The average Bonchev–Trinajstić information content (AvgIpc) is 2.66. The van der Waals surface area contributed by atoms with E-state index in [4.69, 9.17) is 11.6 Å². The van der Waals surface area contributed by atoms with Crippen LogP contribution in [0.15, 0.2) is 0 Å². The van der Waals surface area contributed by atoms with Gasteiger partial charge in [-0.3, -0.25) is 4.79 Å². The van der Waals surface area contributed by atoms with Gasteiger partial charge in [0.2, 0.25) is 0 Å². The summed E-state index contributed by atoms with van der Waals surface area (Å²) in [4.78, 5) is 11.0. The zero-order valence-corrected chi connectivity index (χ0v) is 6.37. The predicted octanol–water partition coefficient (Wildman–Crippen LogP) is 1.98. The predicted molar refractivity (Wildman–Crippen MR) is 37.7 cm³/mol. The molecular weight excluding hydrogens is 136 g/mol. The Morgan fingerprint density at radius 1 is 1.67 bits per heavy atom. The minimum absolute atomic E-state index is 0.0295. The van der Waals surface area contributed by atoms with Crippen molar-refractivity contribution in [3.63, 3.8) is 0 Å². The summed E-state index contributed by atoms with van der Waals surface area (Å²) in [6, 6.07) is 0. The third kappa shape index (κ3) is 1.11. The summed E-state index contributed by atoms with van der Waals surface area (Å²) in [7, 11) is 0. The second kappa shape index (κ2) is 2.30. The molecule has 0 heterocycles. The SMILES string of the molecule is CCC1(C(=O)CCl)CC1. The second-order valence-corrected chi connectivity index (χ2v) is 2.96. The third-order valence-corrected chi connectivity index (χ3v) is 2.49. The molecule has 1 nitrogen and oxygen atoms in total. The number of alkyl halides is 1. The van der Waals surface area contributed by atoms with E-state index in [0.29, 0.717) is 0 Å². The molecule has 0 aromatic carbocycles. The van der Waals surface area contributed by atoms with Crippen LogP contribution in [0.5, 0.6) is 0 Å². The molecule has 0 bridgehead atoms. The van der Waals surface area contributed by atoms with Gasteiger partial charge in [-0.05, 0) is 19.3 Å². The van der Waals surface area contributed by atoms with Crippen LogP contribution < -0.4 is 0 Å². The Kier molecular flexibility index (Phi) is 1.80. The lowest BCUT2D eigenvalue weighted by Crippen LogP contribution is -2.15. The van der Waals surface area contributed by atoms with Gasteiger partial charge in [-0.15, -0.1) is 11.6 Å². The highest BCUT2D eigenvalue weighted by molar-refractivity contribution is 6.28. The first-order chi connectivity index (χ1) is 4.25. The number of hydrogen-bond donors (Lipinski definition) is 0. The van der Waals surface area contributed by atoms with Crippen LogP contribution in [-0.2, 0) is 4.79 Å². The van der Waals surface area contributed by atoms with Gasteiger partial charge < -0.3 is 0 Å². The van der Waals surface area contributed by atoms with E-state index in [2.05, 4.69) is 6.92 Å². The quantitative estimate of drug-likeness (QED) is 0.557. The maximum Gasteiger partial charge on any atom is 0.153 e. The van der Waals surface area contributed by atoms with E-state index >= 15 is 0 Å². The van der Waals surface area contributed by atoms with Crippen molar-refractivity contribution in [2.24, 2.45) is 5.41 Å². The maximum atomic E-state index is 11.0. The van der Waals surface area contributed by atoms with Crippen LogP contribution in [0.4, 0.5) is 0 Å². The van der Waals surface area contributed by atoms with Gasteiger partial charge in [-0.1, -0.05) is 6.92 Å². The highest BCUT2D eigenvalue weighted by Crippen LogP contribution is 2.49. The fourth-order valence-corrected chi connectivity index (χ4v) is 1.41. The van der Waals surface area contributed by atoms with Crippen molar-refractivity contribution in [1.29, 1.82) is 0 Å². The molecule has 1 saturated carbocycles. The number of rotatable bonds is 3. The lowest BCUT2D eigenvalue weighted by atomic mass is 9.99. The molecule has 0 atom stereocenters. The minimum Gasteiger partial charge on any atom is -0.298 e. The molecule has 1 aliphatic carbocycles. The van der Waals surface area contributed by atoms with E-state index in [9.17, 15) is 4.79 Å². The van der Waals surface area contributed by atoms with E-state index in [1.54, 1.807) is 0 Å². The Morgan fingerprint density at radius 3 is 2.33 bits per heavy atom. The summed E-state index contributed by atoms with van der Waals surface area (Å²) >= 11 is 5.41. The van der Waals surface area contributed by atoms with Crippen LogP contribution >= 0.6 is 11.6 Å². The van der Waals surface area contributed by atoms with Crippen molar-refractivity contribution in [2.45, 2.75) is 26.2 Å². The number of carbonyl (C=O) groups is 1. The molecular formula is C7H11ClO. The first kappa shape index (κ1) is 7.07. The minimum atomic E-state index is 0.0295. The largest absolute Gasteiger partial charge is 0.298 e.